The Hall–Kier alpha value is -0.770. The van der Waals surface area contributed by atoms with Gasteiger partial charge in [-0.25, -0.2) is 10.4 Å². The van der Waals surface area contributed by atoms with Crippen molar-refractivity contribution in [2.75, 3.05) is 7.11 Å². The SMILES string of the molecule is COc1nccnc1C(NN)c1cc(I)ccc1Br. The summed E-state index contributed by atoms with van der Waals surface area (Å²) in [6.45, 7) is 0. The molecule has 0 fully saturated rings. The molecule has 0 saturated heterocycles. The van der Waals surface area contributed by atoms with Gasteiger partial charge in [-0.15, -0.1) is 0 Å². The first-order valence-electron chi connectivity index (χ1n) is 5.43. The van der Waals surface area contributed by atoms with Gasteiger partial charge < -0.3 is 4.74 Å². The van der Waals surface area contributed by atoms with Crippen molar-refractivity contribution < 1.29 is 4.74 Å². The lowest BCUT2D eigenvalue weighted by atomic mass is 10.0. The van der Waals surface area contributed by atoms with Crippen LogP contribution in [0.25, 0.3) is 0 Å². The van der Waals surface area contributed by atoms with E-state index < -0.39 is 0 Å². The molecule has 1 heterocycles. The zero-order valence-electron chi connectivity index (χ0n) is 10.1. The van der Waals surface area contributed by atoms with E-state index in [1.54, 1.807) is 19.5 Å². The van der Waals surface area contributed by atoms with Crippen LogP contribution in [-0.2, 0) is 0 Å². The minimum atomic E-state index is -0.298. The van der Waals surface area contributed by atoms with E-state index in [0.717, 1.165) is 13.6 Å². The fraction of sp³-hybridized carbons (Fsp3) is 0.167. The van der Waals surface area contributed by atoms with Gasteiger partial charge in [0.25, 0.3) is 0 Å². The van der Waals surface area contributed by atoms with Gasteiger partial charge in [0.15, 0.2) is 0 Å². The Balaban J connectivity index is 2.53. The van der Waals surface area contributed by atoms with Gasteiger partial charge in [0.1, 0.15) is 5.69 Å². The molecule has 5 nitrogen and oxygen atoms in total. The highest BCUT2D eigenvalue weighted by atomic mass is 127. The van der Waals surface area contributed by atoms with Gasteiger partial charge in [0.05, 0.1) is 13.2 Å². The van der Waals surface area contributed by atoms with Crippen LogP contribution in [0.3, 0.4) is 0 Å². The molecule has 3 N–H and O–H groups in total. The number of aromatic nitrogens is 2. The third kappa shape index (κ3) is 3.22. The molecule has 0 spiro atoms. The summed E-state index contributed by atoms with van der Waals surface area (Å²) in [4.78, 5) is 8.46. The van der Waals surface area contributed by atoms with Gasteiger partial charge in [-0.3, -0.25) is 10.8 Å². The Morgan fingerprint density at radius 2 is 2.11 bits per heavy atom. The average molecular weight is 435 g/mol. The molecule has 7 heteroatoms. The largest absolute Gasteiger partial charge is 0.480 e. The summed E-state index contributed by atoms with van der Waals surface area (Å²) in [7, 11) is 1.56. The van der Waals surface area contributed by atoms with Crippen LogP contribution in [0.2, 0.25) is 0 Å². The highest BCUT2D eigenvalue weighted by Crippen LogP contribution is 2.31. The summed E-state index contributed by atoms with van der Waals surface area (Å²) < 4.78 is 7.29. The van der Waals surface area contributed by atoms with Crippen molar-refractivity contribution in [3.8, 4) is 5.88 Å². The van der Waals surface area contributed by atoms with Crippen LogP contribution in [0.1, 0.15) is 17.3 Å². The number of methoxy groups -OCH3 is 1. The summed E-state index contributed by atoms with van der Waals surface area (Å²) in [6.07, 6.45) is 3.20. The highest BCUT2D eigenvalue weighted by molar-refractivity contribution is 14.1. The Kier molecular flexibility index (Phi) is 5.08. The lowest BCUT2D eigenvalue weighted by Gasteiger charge is -2.19. The molecule has 0 amide bonds. The third-order valence-electron chi connectivity index (χ3n) is 2.59. The fourth-order valence-corrected chi connectivity index (χ4v) is 2.73. The molecular weight excluding hydrogens is 423 g/mol. The Morgan fingerprint density at radius 3 is 2.79 bits per heavy atom. The number of nitrogens with two attached hydrogens (primary N) is 1. The number of nitrogens with one attached hydrogen (secondary N) is 1. The first kappa shape index (κ1) is 14.6. The minimum absolute atomic E-state index is 0.298. The topological polar surface area (TPSA) is 73.1 Å². The number of hydrazine groups is 1. The van der Waals surface area contributed by atoms with E-state index >= 15 is 0 Å². The predicted molar refractivity (Wildman–Crippen MR) is 84.6 cm³/mol. The number of benzene rings is 1. The Labute approximate surface area is 133 Å². The number of ether oxygens (including phenoxy) is 1. The van der Waals surface area contributed by atoms with Crippen molar-refractivity contribution in [2.45, 2.75) is 6.04 Å². The standard InChI is InChI=1S/C12H12BrIN4O/c1-19-12-11(16-4-5-17-12)10(18-15)8-6-7(14)2-3-9(8)13/h2-6,10,18H,15H2,1H3. The van der Waals surface area contributed by atoms with Crippen molar-refractivity contribution in [2.24, 2.45) is 5.84 Å². The fourth-order valence-electron chi connectivity index (χ4n) is 1.74. The molecule has 0 aliphatic carbocycles. The van der Waals surface area contributed by atoms with E-state index in [0.29, 0.717) is 11.6 Å². The number of hydrogen-bond donors (Lipinski definition) is 2. The maximum Gasteiger partial charge on any atom is 0.237 e. The normalized spacial score (nSPS) is 12.2. The Bertz CT molecular complexity index is 581. The van der Waals surface area contributed by atoms with E-state index in [1.807, 2.05) is 18.2 Å². The average Bonchev–Trinajstić information content (AvgIpc) is 2.44. The minimum Gasteiger partial charge on any atom is -0.480 e. The summed E-state index contributed by atoms with van der Waals surface area (Å²) >= 11 is 5.78. The van der Waals surface area contributed by atoms with E-state index in [-0.39, 0.29) is 6.04 Å². The van der Waals surface area contributed by atoms with Gasteiger partial charge in [0, 0.05) is 20.4 Å². The lowest BCUT2D eigenvalue weighted by Crippen LogP contribution is -2.30. The van der Waals surface area contributed by atoms with Gasteiger partial charge in [0.2, 0.25) is 5.88 Å². The first-order chi connectivity index (χ1) is 9.17. The molecule has 0 saturated carbocycles. The second kappa shape index (κ2) is 6.60. The van der Waals surface area contributed by atoms with Crippen molar-refractivity contribution >= 4 is 38.5 Å². The maximum absolute atomic E-state index is 5.68. The molecule has 0 radical (unpaired) electrons. The highest BCUT2D eigenvalue weighted by Gasteiger charge is 2.21. The van der Waals surface area contributed by atoms with Gasteiger partial charge in [-0.1, -0.05) is 15.9 Å². The molecule has 100 valence electrons. The van der Waals surface area contributed by atoms with Crippen LogP contribution < -0.4 is 16.0 Å². The molecule has 2 rings (SSSR count). The van der Waals surface area contributed by atoms with Gasteiger partial charge in [-0.2, -0.15) is 0 Å². The van der Waals surface area contributed by atoms with Crippen LogP contribution >= 0.6 is 38.5 Å². The van der Waals surface area contributed by atoms with E-state index in [4.69, 9.17) is 10.6 Å². The molecular formula is C12H12BrIN4O. The molecule has 1 aromatic heterocycles. The van der Waals surface area contributed by atoms with Crippen LogP contribution in [-0.4, -0.2) is 17.1 Å². The summed E-state index contributed by atoms with van der Waals surface area (Å²) in [5, 5.41) is 0. The number of halogens is 2. The zero-order valence-corrected chi connectivity index (χ0v) is 13.8. The molecule has 2 aromatic rings. The number of hydrogen-bond acceptors (Lipinski definition) is 5. The van der Waals surface area contributed by atoms with Crippen molar-refractivity contribution in [1.82, 2.24) is 15.4 Å². The maximum atomic E-state index is 5.68. The molecule has 19 heavy (non-hydrogen) atoms. The molecule has 0 bridgehead atoms. The van der Waals surface area contributed by atoms with Crippen LogP contribution in [0.15, 0.2) is 35.1 Å². The second-order valence-electron chi connectivity index (χ2n) is 3.72. The smallest absolute Gasteiger partial charge is 0.237 e. The third-order valence-corrected chi connectivity index (χ3v) is 3.99. The number of nitrogens with zero attached hydrogens (tertiary/aromatic N) is 2. The summed E-state index contributed by atoms with van der Waals surface area (Å²) in [6, 6.07) is 5.72. The van der Waals surface area contributed by atoms with Crippen molar-refractivity contribution in [1.29, 1.82) is 0 Å². The van der Waals surface area contributed by atoms with E-state index in [1.165, 1.54) is 0 Å². The van der Waals surface area contributed by atoms with Crippen molar-refractivity contribution in [3.63, 3.8) is 0 Å². The van der Waals surface area contributed by atoms with E-state index in [2.05, 4.69) is 53.9 Å². The number of rotatable bonds is 4. The summed E-state index contributed by atoms with van der Waals surface area (Å²) in [5.41, 5.74) is 4.39. The first-order valence-corrected chi connectivity index (χ1v) is 7.30. The van der Waals surface area contributed by atoms with Crippen LogP contribution in [0.4, 0.5) is 0 Å². The zero-order chi connectivity index (χ0) is 13.8. The monoisotopic (exact) mass is 434 g/mol. The van der Waals surface area contributed by atoms with Crippen molar-refractivity contribution in [3.05, 3.63) is 49.9 Å². The summed E-state index contributed by atoms with van der Waals surface area (Å²) in [5.74, 6) is 6.14. The lowest BCUT2D eigenvalue weighted by molar-refractivity contribution is 0.383. The molecule has 1 unspecified atom stereocenters. The molecule has 1 aromatic carbocycles. The molecule has 0 aliphatic heterocycles. The van der Waals surface area contributed by atoms with Gasteiger partial charge in [-0.05, 0) is 46.4 Å². The van der Waals surface area contributed by atoms with Crippen LogP contribution in [0.5, 0.6) is 5.88 Å². The Morgan fingerprint density at radius 1 is 1.37 bits per heavy atom. The second-order valence-corrected chi connectivity index (χ2v) is 5.82. The van der Waals surface area contributed by atoms with E-state index in [9.17, 15) is 0 Å². The van der Waals surface area contributed by atoms with Gasteiger partial charge >= 0.3 is 0 Å². The quantitative estimate of drug-likeness (QED) is 0.439. The predicted octanol–water partition coefficient (Wildman–Crippen LogP) is 2.41. The molecule has 1 atom stereocenters. The molecule has 0 aliphatic rings. The van der Waals surface area contributed by atoms with Crippen LogP contribution in [0, 0.1) is 3.57 Å².